The summed E-state index contributed by atoms with van der Waals surface area (Å²) in [6.45, 7) is 12.7. The van der Waals surface area contributed by atoms with E-state index < -0.39 is 76.9 Å². The molecule has 0 radical (unpaired) electrons. The number of hydrogen-bond acceptors (Lipinski definition) is 26. The summed E-state index contributed by atoms with van der Waals surface area (Å²) in [6, 6.07) is 37.1. The van der Waals surface area contributed by atoms with Gasteiger partial charge in [0.2, 0.25) is 0 Å². The second-order valence-corrected chi connectivity index (χ2v) is 41.3. The number of aromatic nitrogens is 2. The standard InChI is InChI=1S/C15H20N2O4S.C14H21NO5S.C14H17NO3S2.C11H17NO3S.C9H14N2O3S.C8H19NO4S.C6H15NO3S/c1-21-11-3-4-14-13(9-11)12-5-7-17(10-15(12)16-14)6-2-8-22(18,19)20;1-2-20-14(16)13(11-12-7-4-3-5-8-12)15-9-6-10-21(17,18)19;16-20(17,18)9-3-7-15-8-6-12-11-4-1-2-5-13(11)19-14(12)10-15;13-16(14,15)9-5-4-8-12-10-11-6-2-1-3-7-11;12-15(13,14)8-2-1-5-11-9-3-6-10-7-4-9;1-2-4-8(7-10)9-5-3-6-14(11,12)13;1-7(2,3)5-4-6-11(8,9)10/h3-4,9,16H,2,5-8,10H2,1H3,(H,18,19,20);3-5,7-8,13,15H,2,6,9-11H2,1H3,(H,17,18,19);1-2,4-5H,3,6-10H2,(H,16,17,18);1-3,6-7,12H,4-5,8-10H2,(H,13,14,15);3-4,6-7H,1-2,5,8H2,(H,10,11)(H,12,13,14);8-10H,2-7H2,1H3,(H,11,12,13);4-6H2,1-3H3/p+1. The molecule has 13 N–H and O–H groups in total. The van der Waals surface area contributed by atoms with Crippen molar-refractivity contribution in [2.45, 2.75) is 135 Å². The molecule has 0 saturated carbocycles. The van der Waals surface area contributed by atoms with E-state index in [0.29, 0.717) is 84.1 Å². The van der Waals surface area contributed by atoms with Gasteiger partial charge in [-0.05, 0) is 181 Å². The number of aromatic amines is 1. The number of benzene rings is 4. The molecule has 0 saturated heterocycles. The monoisotopic (exact) mass is 1830 g/mol. The van der Waals surface area contributed by atoms with E-state index in [2.05, 4.69) is 71.4 Å². The Bertz CT molecular complexity index is 4900. The van der Waals surface area contributed by atoms with Crippen LogP contribution in [0.1, 0.15) is 117 Å². The number of nitrogens with one attached hydrogen (secondary N) is 5. The lowest BCUT2D eigenvalue weighted by atomic mass is 10.0. The number of ether oxygens (including phenoxy) is 2. The molecule has 2 unspecified atom stereocenters. The summed E-state index contributed by atoms with van der Waals surface area (Å²) in [5, 5.41) is 23.8. The number of fused-ring (bicyclic) bond motifs is 6. The van der Waals surface area contributed by atoms with E-state index in [1.54, 1.807) is 26.4 Å². The molecule has 119 heavy (non-hydrogen) atoms. The highest BCUT2D eigenvalue weighted by Crippen LogP contribution is 2.35. The summed E-state index contributed by atoms with van der Waals surface area (Å²) >= 11 is 1.83. The highest BCUT2D eigenvalue weighted by molar-refractivity contribution is 7.87. The van der Waals surface area contributed by atoms with Gasteiger partial charge in [0.1, 0.15) is 11.8 Å². The third-order valence-corrected chi connectivity index (χ3v) is 24.6. The SMILES string of the molecule is CCCC(CO)NCCCS(=O)(=O)O.CCOC(=O)C(Cc1ccccc1)NCCCS(=O)(=O)O.COc1ccc2[nH]c3c(c2c1)CCN(CCCS(=O)(=O)O)C3.C[N+](C)(C)CCCS(=O)(=O)O.O=S(=O)(O)CCCCNCc1ccccc1.O=S(=O)(O)CCCCNc1ccncc1.O=S(=O)(O)CCCN1CCc2c(sc3ccccc23)C1. The van der Waals surface area contributed by atoms with Crippen LogP contribution in [0.2, 0.25) is 0 Å². The predicted molar refractivity (Wildman–Crippen MR) is 467 cm³/mol. The highest BCUT2D eigenvalue weighted by Gasteiger charge is 2.24. The lowest BCUT2D eigenvalue weighted by Crippen LogP contribution is -2.40. The first kappa shape index (κ1) is 107. The molecule has 3 aromatic heterocycles. The fourth-order valence-corrected chi connectivity index (χ4v) is 17.0. The van der Waals surface area contributed by atoms with Gasteiger partial charge in [-0.2, -0.15) is 58.9 Å². The number of methoxy groups -OCH3 is 1. The first-order valence-electron chi connectivity index (χ1n) is 39.0. The third kappa shape index (κ3) is 53.4. The van der Waals surface area contributed by atoms with E-state index in [9.17, 15) is 63.7 Å². The van der Waals surface area contributed by atoms with Gasteiger partial charge in [0.15, 0.2) is 0 Å². The van der Waals surface area contributed by atoms with Crippen LogP contribution >= 0.6 is 11.3 Å². The Kier molecular flexibility index (Phi) is 49.4. The minimum Gasteiger partial charge on any atom is -0.497 e. The van der Waals surface area contributed by atoms with Crippen molar-refractivity contribution in [2.24, 2.45) is 0 Å². The number of quaternary nitrogens is 1. The van der Waals surface area contributed by atoms with Crippen LogP contribution in [0.5, 0.6) is 5.75 Å². The molecule has 5 heterocycles. The normalized spacial score (nSPS) is 13.9. The number of H-pyrrole nitrogens is 1. The van der Waals surface area contributed by atoms with Crippen molar-refractivity contribution >= 4 is 115 Å². The number of hydrogen-bond donors (Lipinski definition) is 13. The number of thiophene rings is 1. The molecule has 4 aromatic carbocycles. The molecule has 0 fully saturated rings. The molecule has 7 aromatic rings. The van der Waals surface area contributed by atoms with Crippen molar-refractivity contribution in [3.8, 4) is 5.75 Å². The summed E-state index contributed by atoms with van der Waals surface area (Å²) in [6.07, 6.45) is 12.0. The molecule has 0 amide bonds. The number of nitrogens with zero attached hydrogens (tertiary/aromatic N) is 4. The number of carbonyl (C=O) groups is 1. The molecule has 674 valence electrons. The Morgan fingerprint density at radius 2 is 1.03 bits per heavy atom. The van der Waals surface area contributed by atoms with Crippen LogP contribution in [0.15, 0.2) is 128 Å². The zero-order valence-electron chi connectivity index (χ0n) is 68.6. The van der Waals surface area contributed by atoms with Gasteiger partial charge < -0.3 is 45.3 Å². The van der Waals surface area contributed by atoms with Crippen molar-refractivity contribution in [1.29, 1.82) is 0 Å². The number of carbonyl (C=O) groups excluding carboxylic acids is 1. The van der Waals surface area contributed by atoms with Gasteiger partial charge in [-0.1, -0.05) is 92.2 Å². The molecule has 0 spiro atoms. The molecular weight excluding hydrogens is 1710 g/mol. The number of rotatable bonds is 43. The molecule has 2 aliphatic rings. The predicted octanol–water partition coefficient (Wildman–Crippen LogP) is 7.97. The Labute approximate surface area is 707 Å². The molecule has 2 atom stereocenters. The fourth-order valence-electron chi connectivity index (χ4n) is 12.1. The first-order chi connectivity index (χ1) is 55.8. The minimum absolute atomic E-state index is 0.0291. The number of aliphatic hydroxyl groups excluding tert-OH is 1. The van der Waals surface area contributed by atoms with Crippen LogP contribution in [0.4, 0.5) is 5.69 Å². The quantitative estimate of drug-likeness (QED) is 0.00745. The molecule has 0 bridgehead atoms. The second kappa shape index (κ2) is 55.0. The van der Waals surface area contributed by atoms with Crippen LogP contribution in [-0.4, -0.2) is 279 Å². The maximum absolute atomic E-state index is 11.9. The molecule has 9 rings (SSSR count). The van der Waals surface area contributed by atoms with E-state index in [-0.39, 0.29) is 71.9 Å². The van der Waals surface area contributed by atoms with Gasteiger partial charge in [0.05, 0.1) is 88.3 Å². The number of unbranched alkanes of at least 4 members (excludes halogenated alkanes) is 2. The van der Waals surface area contributed by atoms with Gasteiger partial charge in [0, 0.05) is 96.0 Å². The van der Waals surface area contributed by atoms with Crippen molar-refractivity contribution in [2.75, 3.05) is 146 Å². The molecule has 42 heteroatoms. The second-order valence-electron chi connectivity index (χ2n) is 29.1. The number of esters is 1. The fraction of sp³-hybridized carbons (Fsp3) is 0.558. The average Bonchev–Trinajstić information content (AvgIpc) is 1.64. The molecular formula is C77H124N9O25S8+. The van der Waals surface area contributed by atoms with E-state index in [1.807, 2.05) is 124 Å². The molecule has 0 aliphatic carbocycles. The smallest absolute Gasteiger partial charge is 0.323 e. The highest BCUT2D eigenvalue weighted by atomic mass is 32.2. The van der Waals surface area contributed by atoms with Crippen molar-refractivity contribution in [1.82, 2.24) is 35.7 Å². The summed E-state index contributed by atoms with van der Waals surface area (Å²) in [5.74, 6) is -0.875. The van der Waals surface area contributed by atoms with Gasteiger partial charge in [-0.25, -0.2) is 0 Å². The molecule has 34 nitrogen and oxygen atoms in total. The topological polar surface area (TPSA) is 520 Å². The van der Waals surface area contributed by atoms with Crippen molar-refractivity contribution < 1.29 is 115 Å². The van der Waals surface area contributed by atoms with Crippen LogP contribution in [0.25, 0.3) is 21.0 Å². The van der Waals surface area contributed by atoms with Crippen molar-refractivity contribution in [3.05, 3.63) is 160 Å². The van der Waals surface area contributed by atoms with Crippen LogP contribution in [-0.2, 0) is 119 Å². The summed E-state index contributed by atoms with van der Waals surface area (Å²) in [5.41, 5.74) is 8.20. The summed E-state index contributed by atoms with van der Waals surface area (Å²) < 4.78 is 219. The van der Waals surface area contributed by atoms with Crippen LogP contribution in [0.3, 0.4) is 0 Å². The van der Waals surface area contributed by atoms with E-state index in [4.69, 9.17) is 46.4 Å². The van der Waals surface area contributed by atoms with Gasteiger partial charge >= 0.3 is 5.97 Å². The average molecular weight is 1830 g/mol. The van der Waals surface area contributed by atoms with Gasteiger partial charge in [-0.3, -0.25) is 51.4 Å². The number of anilines is 1. The Morgan fingerprint density at radius 3 is 1.55 bits per heavy atom. The molecule has 2 aliphatic heterocycles. The zero-order chi connectivity index (χ0) is 88.8. The third-order valence-electron chi connectivity index (χ3n) is 17.8. The maximum Gasteiger partial charge on any atom is 0.323 e. The number of pyridine rings is 1. The van der Waals surface area contributed by atoms with E-state index >= 15 is 0 Å². The minimum atomic E-state index is -3.97. The largest absolute Gasteiger partial charge is 0.497 e. The lowest BCUT2D eigenvalue weighted by Gasteiger charge is -2.26. The number of aliphatic hydroxyl groups is 1. The Morgan fingerprint density at radius 1 is 0.546 bits per heavy atom. The zero-order valence-corrected chi connectivity index (χ0v) is 75.1. The van der Waals surface area contributed by atoms with Gasteiger partial charge in [0.25, 0.3) is 70.8 Å². The Hall–Kier alpha value is -6.31. The summed E-state index contributed by atoms with van der Waals surface area (Å²) in [7, 11) is -19.3. The first-order valence-corrected chi connectivity index (χ1v) is 51.1. The lowest BCUT2D eigenvalue weighted by molar-refractivity contribution is -0.870. The van der Waals surface area contributed by atoms with Crippen molar-refractivity contribution in [3.63, 3.8) is 0 Å². The maximum atomic E-state index is 11.9. The van der Waals surface area contributed by atoms with Crippen LogP contribution < -0.4 is 26.0 Å². The van der Waals surface area contributed by atoms with E-state index in [1.165, 1.54) is 42.7 Å². The Balaban J connectivity index is 0.000000363. The van der Waals surface area contributed by atoms with E-state index in [0.717, 1.165) is 105 Å². The van der Waals surface area contributed by atoms with Crippen LogP contribution in [0, 0.1) is 0 Å². The van der Waals surface area contributed by atoms with Gasteiger partial charge in [-0.15, -0.1) is 11.3 Å². The summed E-state index contributed by atoms with van der Waals surface area (Å²) in [4.78, 5) is 25.1.